The van der Waals surface area contributed by atoms with Gasteiger partial charge in [0, 0.05) is 32.4 Å². The summed E-state index contributed by atoms with van der Waals surface area (Å²) in [4.78, 5) is 54.6. The fourth-order valence-corrected chi connectivity index (χ4v) is 4.46. The first kappa shape index (κ1) is 52.0. The highest BCUT2D eigenvalue weighted by atomic mass is 16.5. The van der Waals surface area contributed by atoms with Gasteiger partial charge < -0.3 is 36.5 Å². The van der Waals surface area contributed by atoms with Crippen molar-refractivity contribution in [3.8, 4) is 0 Å². The number of aliphatic hydroxyl groups excluding tert-OH is 1. The third-order valence-electron chi connectivity index (χ3n) is 7.95. The predicted molar refractivity (Wildman–Crippen MR) is 200 cm³/mol. The van der Waals surface area contributed by atoms with Gasteiger partial charge in [-0.2, -0.15) is 0 Å². The van der Waals surface area contributed by atoms with Gasteiger partial charge in [0.1, 0.15) is 18.2 Å². The lowest BCUT2D eigenvalue weighted by atomic mass is 10.1. The lowest BCUT2D eigenvalue weighted by Gasteiger charge is -2.09. The minimum Gasteiger partial charge on any atom is -0.481 e. The number of rotatable bonds is 33. The highest BCUT2D eigenvalue weighted by Crippen LogP contribution is 2.10. The summed E-state index contributed by atoms with van der Waals surface area (Å²) in [6.07, 6.45) is 21.5. The number of nitrogens with one attached hydrogen (secondary N) is 1. The van der Waals surface area contributed by atoms with Gasteiger partial charge in [0.05, 0.1) is 31.8 Å². The molecule has 0 bridgehead atoms. The van der Waals surface area contributed by atoms with Crippen LogP contribution in [0.2, 0.25) is 0 Å². The van der Waals surface area contributed by atoms with Crippen molar-refractivity contribution in [3.05, 3.63) is 0 Å². The number of aliphatic carboxylic acids is 1. The van der Waals surface area contributed by atoms with Crippen molar-refractivity contribution in [2.24, 2.45) is 17.4 Å². The van der Waals surface area contributed by atoms with E-state index >= 15 is 0 Å². The molecule has 1 unspecified atom stereocenters. The van der Waals surface area contributed by atoms with Crippen molar-refractivity contribution in [1.82, 2.24) is 5.32 Å². The van der Waals surface area contributed by atoms with E-state index in [1.165, 1.54) is 71.1 Å². The second-order valence-electron chi connectivity index (χ2n) is 13.0. The summed E-state index contributed by atoms with van der Waals surface area (Å²) >= 11 is 0. The molecular weight excluding hydrogens is 642 g/mol. The maximum atomic E-state index is 11.8. The summed E-state index contributed by atoms with van der Waals surface area (Å²) in [5.74, 6) is -1.36. The van der Waals surface area contributed by atoms with Crippen molar-refractivity contribution in [1.29, 1.82) is 0 Å². The average molecular weight is 718 g/mol. The summed E-state index contributed by atoms with van der Waals surface area (Å²) in [6.45, 7) is 9.20. The molecule has 0 rings (SSSR count). The van der Waals surface area contributed by atoms with Crippen molar-refractivity contribution < 1.29 is 43.7 Å². The lowest BCUT2D eigenvalue weighted by Crippen LogP contribution is -2.30. The molecule has 0 heterocycles. The Hall–Kier alpha value is -2.41. The second kappa shape index (κ2) is 41.0. The molecule has 0 radical (unpaired) electrons. The molecule has 0 fully saturated rings. The molecule has 0 aliphatic carbocycles. The Bertz CT molecular complexity index is 827. The van der Waals surface area contributed by atoms with Gasteiger partial charge >= 0.3 is 5.97 Å². The van der Waals surface area contributed by atoms with Gasteiger partial charge in [0.2, 0.25) is 11.8 Å². The summed E-state index contributed by atoms with van der Waals surface area (Å²) in [6, 6.07) is -0.401. The van der Waals surface area contributed by atoms with Gasteiger partial charge in [-0.15, -0.1) is 0 Å². The molecule has 0 aliphatic heterocycles. The molecule has 12 heteroatoms. The van der Waals surface area contributed by atoms with E-state index in [1.807, 2.05) is 0 Å². The number of primary amides is 1. The van der Waals surface area contributed by atoms with Crippen LogP contribution >= 0.6 is 0 Å². The van der Waals surface area contributed by atoms with Crippen molar-refractivity contribution >= 4 is 29.4 Å². The highest BCUT2D eigenvalue weighted by molar-refractivity contribution is 5.81. The number of hydrogen-bond donors (Lipinski definition) is 5. The summed E-state index contributed by atoms with van der Waals surface area (Å²) in [7, 11) is 0. The molecule has 296 valence electrons. The van der Waals surface area contributed by atoms with Crippen LogP contribution < -0.4 is 16.8 Å². The standard InChI is InChI=1S/C24H46N2O5.C10H20O2.C4H9NO2/c1-3-4-5-6-7-8-9-13-22(28)14-12-17-30-18-19-31-20-24(29)26-16-11-10-15-23(25)21(2)27;1-2-3-4-5-6-7-8-9-10(11)12;1-3(2-6)4(5)7/h23H,3-20,25H2,1-2H3,(H,26,29);2-9H2,1H3,(H,11,12);3,6H,2H2,1H3,(H2,5,7)/t;;3-/m..0/s1. The van der Waals surface area contributed by atoms with Crippen molar-refractivity contribution in [2.75, 3.05) is 39.6 Å². The Labute approximate surface area is 303 Å². The first-order valence-corrected chi connectivity index (χ1v) is 19.2. The highest BCUT2D eigenvalue weighted by Gasteiger charge is 2.08. The zero-order valence-corrected chi connectivity index (χ0v) is 32.2. The summed E-state index contributed by atoms with van der Waals surface area (Å²) in [5.41, 5.74) is 10.4. The molecule has 0 spiro atoms. The topological polar surface area (TPSA) is 208 Å². The molecule has 0 aromatic rings. The smallest absolute Gasteiger partial charge is 0.303 e. The van der Waals surface area contributed by atoms with E-state index in [2.05, 4.69) is 19.2 Å². The molecule has 50 heavy (non-hydrogen) atoms. The van der Waals surface area contributed by atoms with Crippen LogP contribution in [0, 0.1) is 5.92 Å². The first-order chi connectivity index (χ1) is 23.9. The van der Waals surface area contributed by atoms with Crippen LogP contribution in [-0.4, -0.2) is 85.2 Å². The molecule has 2 amide bonds. The van der Waals surface area contributed by atoms with E-state index in [9.17, 15) is 24.0 Å². The number of unbranched alkanes of at least 4 members (excludes halogenated alkanes) is 13. The number of nitrogens with two attached hydrogens (primary N) is 2. The minimum atomic E-state index is -0.663. The molecule has 0 aromatic carbocycles. The van der Waals surface area contributed by atoms with Crippen LogP contribution in [0.15, 0.2) is 0 Å². The lowest BCUT2D eigenvalue weighted by molar-refractivity contribution is -0.137. The zero-order valence-electron chi connectivity index (χ0n) is 32.2. The van der Waals surface area contributed by atoms with Crippen LogP contribution in [0.5, 0.6) is 0 Å². The fourth-order valence-electron chi connectivity index (χ4n) is 4.46. The van der Waals surface area contributed by atoms with Gasteiger partial charge in [0.25, 0.3) is 0 Å². The first-order valence-electron chi connectivity index (χ1n) is 19.2. The normalized spacial score (nSPS) is 11.7. The van der Waals surface area contributed by atoms with Gasteiger partial charge in [-0.25, -0.2) is 0 Å². The molecule has 0 aliphatic rings. The largest absolute Gasteiger partial charge is 0.481 e. The van der Waals surface area contributed by atoms with Crippen molar-refractivity contribution in [3.63, 3.8) is 0 Å². The van der Waals surface area contributed by atoms with E-state index in [0.717, 1.165) is 44.9 Å². The second-order valence-corrected chi connectivity index (χ2v) is 13.0. The predicted octanol–water partition coefficient (Wildman–Crippen LogP) is 6.02. The van der Waals surface area contributed by atoms with Gasteiger partial charge in [0.15, 0.2) is 0 Å². The summed E-state index contributed by atoms with van der Waals surface area (Å²) in [5, 5.41) is 19.3. The molecule has 7 N–H and O–H groups in total. The Morgan fingerprint density at radius 1 is 0.680 bits per heavy atom. The molecule has 0 saturated carbocycles. The molecule has 0 saturated heterocycles. The number of carbonyl (C=O) groups is 5. The van der Waals surface area contributed by atoms with Crippen LogP contribution in [0.1, 0.15) is 163 Å². The molecule has 12 nitrogen and oxygen atoms in total. The molecular formula is C38H75N3O9. The van der Waals surface area contributed by atoms with Crippen LogP contribution in [0.3, 0.4) is 0 Å². The SMILES string of the molecule is CCCCCCCCCC(=O)CCCOCCOCC(=O)NCCCCC(N)C(C)=O.CCCCCCCCCC(=O)O.C[C@@H](CO)C(N)=O. The Morgan fingerprint density at radius 2 is 1.18 bits per heavy atom. The number of carboxylic acid groups (broad SMARTS) is 1. The van der Waals surface area contributed by atoms with Gasteiger partial charge in [-0.3, -0.25) is 24.0 Å². The number of carboxylic acids is 1. The maximum absolute atomic E-state index is 11.8. The summed E-state index contributed by atoms with van der Waals surface area (Å²) < 4.78 is 10.7. The number of aliphatic hydroxyl groups is 1. The number of ether oxygens (including phenoxy) is 2. The van der Waals surface area contributed by atoms with E-state index in [0.29, 0.717) is 57.8 Å². The number of amides is 2. The zero-order chi connectivity index (χ0) is 38.3. The maximum Gasteiger partial charge on any atom is 0.303 e. The quantitative estimate of drug-likeness (QED) is 0.0498. The van der Waals surface area contributed by atoms with E-state index in [4.69, 9.17) is 31.2 Å². The van der Waals surface area contributed by atoms with Gasteiger partial charge in [-0.05, 0) is 45.4 Å². The third kappa shape index (κ3) is 45.6. The Morgan fingerprint density at radius 3 is 1.66 bits per heavy atom. The van der Waals surface area contributed by atoms with E-state index in [1.54, 1.807) is 6.92 Å². The molecule has 2 atom stereocenters. The molecule has 0 aromatic heterocycles. The van der Waals surface area contributed by atoms with Crippen LogP contribution in [0.4, 0.5) is 0 Å². The fraction of sp³-hybridized carbons (Fsp3) is 0.868. The van der Waals surface area contributed by atoms with Crippen LogP contribution in [0.25, 0.3) is 0 Å². The van der Waals surface area contributed by atoms with E-state index in [-0.39, 0.29) is 24.9 Å². The number of ketones is 2. The van der Waals surface area contributed by atoms with Gasteiger partial charge in [-0.1, -0.05) is 97.8 Å². The Balaban J connectivity index is -0.000000944. The average Bonchev–Trinajstić information content (AvgIpc) is 3.08. The number of Topliss-reactive ketones (excluding diaryl/α,β-unsaturated/α-hetero) is 2. The Kier molecular flexibility index (Phi) is 42.6. The van der Waals surface area contributed by atoms with E-state index < -0.39 is 23.8 Å². The number of carbonyl (C=O) groups excluding carboxylic acids is 4. The van der Waals surface area contributed by atoms with Crippen molar-refractivity contribution in [2.45, 2.75) is 169 Å². The third-order valence-corrected chi connectivity index (χ3v) is 7.95. The minimum absolute atomic E-state index is 0.00486. The monoisotopic (exact) mass is 718 g/mol. The number of hydrogen-bond acceptors (Lipinski definition) is 9. The van der Waals surface area contributed by atoms with Crippen LogP contribution in [-0.2, 0) is 33.4 Å².